The molecule has 2 aliphatic carbocycles. The number of methoxy groups -OCH3 is 1. The third kappa shape index (κ3) is 3.73. The highest BCUT2D eigenvalue weighted by atomic mass is 16.6. The molecule has 4 heteroatoms. The number of hydrogen-bond donors (Lipinski definition) is 0. The Morgan fingerprint density at radius 3 is 2.42 bits per heavy atom. The summed E-state index contributed by atoms with van der Waals surface area (Å²) < 4.78 is 10.6. The smallest absolute Gasteiger partial charge is 0.337 e. The summed E-state index contributed by atoms with van der Waals surface area (Å²) in [7, 11) is 1.38. The highest BCUT2D eigenvalue weighted by molar-refractivity contribution is 5.90. The van der Waals surface area contributed by atoms with Crippen LogP contribution in [-0.2, 0) is 19.1 Å². The first kappa shape index (κ1) is 18.8. The van der Waals surface area contributed by atoms with Gasteiger partial charge in [0.1, 0.15) is 6.10 Å². The van der Waals surface area contributed by atoms with Gasteiger partial charge in [-0.1, -0.05) is 44.9 Å². The number of carbonyl (C=O) groups is 2. The van der Waals surface area contributed by atoms with Gasteiger partial charge in [0.15, 0.2) is 0 Å². The van der Waals surface area contributed by atoms with Crippen molar-refractivity contribution in [2.45, 2.75) is 60.0 Å². The summed E-state index contributed by atoms with van der Waals surface area (Å²) >= 11 is 0. The lowest BCUT2D eigenvalue weighted by atomic mass is 9.66. The van der Waals surface area contributed by atoms with E-state index >= 15 is 0 Å². The molecule has 0 saturated carbocycles. The zero-order chi connectivity index (χ0) is 18.0. The number of allylic oxidation sites excluding steroid dienone is 2. The molecule has 24 heavy (non-hydrogen) atoms. The van der Waals surface area contributed by atoms with Crippen LogP contribution in [0.3, 0.4) is 0 Å². The second-order valence-electron chi connectivity index (χ2n) is 7.68. The summed E-state index contributed by atoms with van der Waals surface area (Å²) in [5.74, 6) is 0.436. The molecule has 2 rings (SSSR count). The number of fused-ring (bicyclic) bond motifs is 1. The SMILES string of the molecule is COC(=O)C1=CC2C(=C(C)CCC2C(C)C)CC1OC(=O)C(C)C. The predicted octanol–water partition coefficient (Wildman–Crippen LogP) is 4.06. The second kappa shape index (κ2) is 7.54. The highest BCUT2D eigenvalue weighted by Crippen LogP contribution is 2.45. The summed E-state index contributed by atoms with van der Waals surface area (Å²) in [6.07, 6.45) is 4.31. The molecule has 0 N–H and O–H groups in total. The van der Waals surface area contributed by atoms with E-state index in [1.807, 2.05) is 6.08 Å². The molecule has 4 nitrogen and oxygen atoms in total. The van der Waals surface area contributed by atoms with Crippen molar-refractivity contribution in [1.82, 2.24) is 0 Å². The van der Waals surface area contributed by atoms with E-state index in [4.69, 9.17) is 9.47 Å². The van der Waals surface area contributed by atoms with E-state index in [1.54, 1.807) is 13.8 Å². The van der Waals surface area contributed by atoms with E-state index in [0.717, 1.165) is 12.8 Å². The van der Waals surface area contributed by atoms with Crippen molar-refractivity contribution in [2.24, 2.45) is 23.7 Å². The van der Waals surface area contributed by atoms with Crippen LogP contribution in [0.25, 0.3) is 0 Å². The number of carbonyl (C=O) groups excluding carboxylic acids is 2. The fraction of sp³-hybridized carbons (Fsp3) is 0.700. The molecule has 0 bridgehead atoms. The minimum absolute atomic E-state index is 0.216. The summed E-state index contributed by atoms with van der Waals surface area (Å²) in [5.41, 5.74) is 3.22. The zero-order valence-electron chi connectivity index (χ0n) is 15.7. The number of rotatable bonds is 4. The Labute approximate surface area is 145 Å². The van der Waals surface area contributed by atoms with Crippen LogP contribution in [-0.4, -0.2) is 25.2 Å². The maximum Gasteiger partial charge on any atom is 0.337 e. The Morgan fingerprint density at radius 1 is 1.21 bits per heavy atom. The quantitative estimate of drug-likeness (QED) is 0.575. The zero-order valence-corrected chi connectivity index (χ0v) is 15.7. The average molecular weight is 334 g/mol. The Hall–Kier alpha value is -1.58. The maximum atomic E-state index is 12.3. The molecule has 0 aromatic rings. The van der Waals surface area contributed by atoms with E-state index < -0.39 is 6.10 Å². The van der Waals surface area contributed by atoms with E-state index in [9.17, 15) is 9.59 Å². The fourth-order valence-electron chi connectivity index (χ4n) is 3.86. The number of ether oxygens (including phenoxy) is 2. The van der Waals surface area contributed by atoms with Crippen molar-refractivity contribution in [2.75, 3.05) is 7.11 Å². The van der Waals surface area contributed by atoms with Gasteiger partial charge in [0.2, 0.25) is 0 Å². The van der Waals surface area contributed by atoms with Gasteiger partial charge in [0, 0.05) is 12.3 Å². The molecule has 0 radical (unpaired) electrons. The monoisotopic (exact) mass is 334 g/mol. The molecular weight excluding hydrogens is 304 g/mol. The van der Waals surface area contributed by atoms with Crippen LogP contribution in [0.4, 0.5) is 0 Å². The third-order valence-electron chi connectivity index (χ3n) is 5.38. The topological polar surface area (TPSA) is 52.6 Å². The Kier molecular flexibility index (Phi) is 5.89. The summed E-state index contributed by atoms with van der Waals surface area (Å²) in [4.78, 5) is 24.3. The summed E-state index contributed by atoms with van der Waals surface area (Å²) in [6, 6.07) is 0. The van der Waals surface area contributed by atoms with Crippen LogP contribution < -0.4 is 0 Å². The van der Waals surface area contributed by atoms with Gasteiger partial charge in [-0.2, -0.15) is 0 Å². The molecule has 3 unspecified atom stereocenters. The number of hydrogen-bond acceptors (Lipinski definition) is 4. The highest BCUT2D eigenvalue weighted by Gasteiger charge is 2.40. The molecule has 134 valence electrons. The molecule has 0 amide bonds. The van der Waals surface area contributed by atoms with Gasteiger partial charge >= 0.3 is 11.9 Å². The first-order valence-corrected chi connectivity index (χ1v) is 8.95. The van der Waals surface area contributed by atoms with Crippen molar-refractivity contribution < 1.29 is 19.1 Å². The molecule has 2 aliphatic rings. The molecule has 0 heterocycles. The van der Waals surface area contributed by atoms with Crippen LogP contribution in [0.1, 0.15) is 53.9 Å². The van der Waals surface area contributed by atoms with Gasteiger partial charge in [-0.15, -0.1) is 0 Å². The molecule has 3 atom stereocenters. The largest absolute Gasteiger partial charge is 0.466 e. The van der Waals surface area contributed by atoms with Crippen molar-refractivity contribution >= 4 is 11.9 Å². The van der Waals surface area contributed by atoms with Gasteiger partial charge in [-0.25, -0.2) is 4.79 Å². The van der Waals surface area contributed by atoms with Crippen LogP contribution in [0, 0.1) is 23.7 Å². The van der Waals surface area contributed by atoms with E-state index in [0.29, 0.717) is 23.8 Å². The molecule has 0 aromatic heterocycles. The van der Waals surface area contributed by atoms with Crippen LogP contribution in [0.15, 0.2) is 22.8 Å². The Bertz CT molecular complexity index is 568. The average Bonchev–Trinajstić information content (AvgIpc) is 2.53. The molecule has 0 aliphatic heterocycles. The van der Waals surface area contributed by atoms with Gasteiger partial charge in [-0.3, -0.25) is 4.79 Å². The van der Waals surface area contributed by atoms with Gasteiger partial charge in [0.05, 0.1) is 18.6 Å². The second-order valence-corrected chi connectivity index (χ2v) is 7.68. The summed E-state index contributed by atoms with van der Waals surface area (Å²) in [6.45, 7) is 10.2. The predicted molar refractivity (Wildman–Crippen MR) is 93.2 cm³/mol. The van der Waals surface area contributed by atoms with Crippen LogP contribution in [0.5, 0.6) is 0 Å². The molecule has 0 spiro atoms. The van der Waals surface area contributed by atoms with Gasteiger partial charge in [0.25, 0.3) is 0 Å². The van der Waals surface area contributed by atoms with Crippen molar-refractivity contribution in [3.05, 3.63) is 22.8 Å². The lowest BCUT2D eigenvalue weighted by Crippen LogP contribution is -2.36. The lowest BCUT2D eigenvalue weighted by Gasteiger charge is -2.40. The van der Waals surface area contributed by atoms with Gasteiger partial charge in [-0.05, 0) is 31.6 Å². The first-order chi connectivity index (χ1) is 11.3. The van der Waals surface area contributed by atoms with E-state index in [2.05, 4.69) is 20.8 Å². The van der Waals surface area contributed by atoms with Crippen LogP contribution in [0.2, 0.25) is 0 Å². The standard InChI is InChI=1S/C20H30O4/c1-11(2)14-8-7-13(5)15-10-18(24-19(21)12(3)4)17(9-16(14)15)20(22)23-6/h9,11-12,14,16,18H,7-8,10H2,1-6H3. The first-order valence-electron chi connectivity index (χ1n) is 8.95. The normalized spacial score (nSPS) is 27.0. The lowest BCUT2D eigenvalue weighted by molar-refractivity contribution is -0.152. The maximum absolute atomic E-state index is 12.3. The third-order valence-corrected chi connectivity index (χ3v) is 5.38. The number of esters is 2. The molecule has 0 fully saturated rings. The van der Waals surface area contributed by atoms with E-state index in [1.165, 1.54) is 18.3 Å². The minimum Gasteiger partial charge on any atom is -0.466 e. The summed E-state index contributed by atoms with van der Waals surface area (Å²) in [5, 5.41) is 0. The minimum atomic E-state index is -0.528. The van der Waals surface area contributed by atoms with E-state index in [-0.39, 0.29) is 23.8 Å². The molecular formula is C20H30O4. The van der Waals surface area contributed by atoms with Crippen LogP contribution >= 0.6 is 0 Å². The fourth-order valence-corrected chi connectivity index (χ4v) is 3.86. The van der Waals surface area contributed by atoms with Crippen molar-refractivity contribution in [3.8, 4) is 0 Å². The van der Waals surface area contributed by atoms with Gasteiger partial charge < -0.3 is 9.47 Å². The van der Waals surface area contributed by atoms with Crippen molar-refractivity contribution in [1.29, 1.82) is 0 Å². The molecule has 0 saturated heterocycles. The van der Waals surface area contributed by atoms with Crippen molar-refractivity contribution in [3.63, 3.8) is 0 Å². The Morgan fingerprint density at radius 2 is 1.88 bits per heavy atom. The Balaban J connectivity index is 2.41. The molecule has 0 aromatic carbocycles.